The molecule has 1 N–H and O–H groups in total. The monoisotopic (exact) mass is 327 g/mol. The molecule has 0 aromatic heterocycles. The van der Waals surface area contributed by atoms with Crippen molar-refractivity contribution in [2.24, 2.45) is 0 Å². The smallest absolute Gasteiger partial charge is 0.261 e. The number of carbonyl (C=O) groups excluding carboxylic acids is 1. The van der Waals surface area contributed by atoms with Gasteiger partial charge in [0.1, 0.15) is 11.5 Å². The Balaban J connectivity index is 1.77. The summed E-state index contributed by atoms with van der Waals surface area (Å²) in [4.78, 5) is 12.3. The van der Waals surface area contributed by atoms with Crippen LogP contribution in [-0.4, -0.2) is 25.7 Å². The summed E-state index contributed by atoms with van der Waals surface area (Å²) in [5, 5.41) is 2.96. The lowest BCUT2D eigenvalue weighted by Gasteiger charge is -2.17. The van der Waals surface area contributed by atoms with Crippen LogP contribution in [0.5, 0.6) is 11.5 Å². The number of para-hydroxylation sites is 2. The topological polar surface area (TPSA) is 47.6 Å². The van der Waals surface area contributed by atoms with Crippen LogP contribution in [0.2, 0.25) is 0 Å². The molecular formula is C20H25NO3. The Morgan fingerprint density at radius 2 is 1.79 bits per heavy atom. The predicted molar refractivity (Wildman–Crippen MR) is 95.5 cm³/mol. The van der Waals surface area contributed by atoms with Crippen LogP contribution in [0.15, 0.2) is 54.6 Å². The Morgan fingerprint density at radius 3 is 2.50 bits per heavy atom. The van der Waals surface area contributed by atoms with Crippen LogP contribution in [-0.2, 0) is 11.2 Å². The molecule has 24 heavy (non-hydrogen) atoms. The molecule has 2 aromatic carbocycles. The van der Waals surface area contributed by atoms with Crippen LogP contribution < -0.4 is 14.8 Å². The molecular weight excluding hydrogens is 302 g/mol. The lowest BCUT2D eigenvalue weighted by Crippen LogP contribution is -2.38. The van der Waals surface area contributed by atoms with Crippen LogP contribution in [0.1, 0.15) is 25.3 Å². The molecule has 4 heteroatoms. The van der Waals surface area contributed by atoms with E-state index < -0.39 is 6.10 Å². The molecule has 1 amide bonds. The number of ether oxygens (including phenoxy) is 2. The van der Waals surface area contributed by atoms with E-state index in [1.54, 1.807) is 7.11 Å². The Hall–Kier alpha value is -2.49. The van der Waals surface area contributed by atoms with E-state index in [4.69, 9.17) is 9.47 Å². The molecule has 1 unspecified atom stereocenters. The molecule has 0 saturated carbocycles. The number of methoxy groups -OCH3 is 1. The zero-order chi connectivity index (χ0) is 17.2. The van der Waals surface area contributed by atoms with Crippen molar-refractivity contribution in [3.05, 3.63) is 60.2 Å². The van der Waals surface area contributed by atoms with Crippen molar-refractivity contribution in [3.63, 3.8) is 0 Å². The Morgan fingerprint density at radius 1 is 1.08 bits per heavy atom. The Labute approximate surface area is 143 Å². The maximum absolute atomic E-state index is 12.3. The summed E-state index contributed by atoms with van der Waals surface area (Å²) in [6.45, 7) is 2.56. The highest BCUT2D eigenvalue weighted by Crippen LogP contribution is 2.18. The highest BCUT2D eigenvalue weighted by molar-refractivity contribution is 5.81. The molecule has 128 valence electrons. The van der Waals surface area contributed by atoms with Crippen molar-refractivity contribution in [2.45, 2.75) is 32.3 Å². The van der Waals surface area contributed by atoms with Gasteiger partial charge >= 0.3 is 0 Å². The number of rotatable bonds is 9. The number of nitrogens with one attached hydrogen (secondary N) is 1. The van der Waals surface area contributed by atoms with Gasteiger partial charge in [-0.25, -0.2) is 0 Å². The van der Waals surface area contributed by atoms with Crippen LogP contribution in [0.25, 0.3) is 0 Å². The fraction of sp³-hybridized carbons (Fsp3) is 0.350. The third-order valence-corrected chi connectivity index (χ3v) is 3.80. The summed E-state index contributed by atoms with van der Waals surface area (Å²) in [7, 11) is 1.67. The van der Waals surface area contributed by atoms with Crippen molar-refractivity contribution >= 4 is 5.91 Å². The van der Waals surface area contributed by atoms with Gasteiger partial charge in [-0.1, -0.05) is 43.3 Å². The minimum Gasteiger partial charge on any atom is -0.496 e. The largest absolute Gasteiger partial charge is 0.496 e. The lowest BCUT2D eigenvalue weighted by molar-refractivity contribution is -0.128. The summed E-state index contributed by atoms with van der Waals surface area (Å²) in [5.74, 6) is 1.54. The minimum atomic E-state index is -0.460. The number of aryl methyl sites for hydroxylation is 1. The van der Waals surface area contributed by atoms with Crippen molar-refractivity contribution < 1.29 is 14.3 Å². The number of hydrogen-bond acceptors (Lipinski definition) is 3. The van der Waals surface area contributed by atoms with Gasteiger partial charge in [0.2, 0.25) is 0 Å². The van der Waals surface area contributed by atoms with Gasteiger partial charge in [-0.15, -0.1) is 0 Å². The average molecular weight is 327 g/mol. The fourth-order valence-corrected chi connectivity index (χ4v) is 2.50. The van der Waals surface area contributed by atoms with Gasteiger partial charge < -0.3 is 14.8 Å². The van der Waals surface area contributed by atoms with E-state index >= 15 is 0 Å². The van der Waals surface area contributed by atoms with Gasteiger partial charge in [-0.05, 0) is 43.0 Å². The predicted octanol–water partition coefficient (Wildman–Crippen LogP) is 3.60. The molecule has 0 saturated heterocycles. The van der Waals surface area contributed by atoms with Crippen LogP contribution >= 0.6 is 0 Å². The Kier molecular flexibility index (Phi) is 7.15. The van der Waals surface area contributed by atoms with E-state index in [1.165, 1.54) is 0 Å². The maximum atomic E-state index is 12.3. The van der Waals surface area contributed by atoms with Crippen molar-refractivity contribution in [1.82, 2.24) is 5.32 Å². The van der Waals surface area contributed by atoms with Gasteiger partial charge in [-0.3, -0.25) is 4.79 Å². The molecule has 0 radical (unpaired) electrons. The van der Waals surface area contributed by atoms with Gasteiger partial charge in [0.15, 0.2) is 6.10 Å². The molecule has 1 atom stereocenters. The molecule has 0 aliphatic heterocycles. The first-order valence-electron chi connectivity index (χ1n) is 8.36. The summed E-state index contributed by atoms with van der Waals surface area (Å²) in [6.07, 6.45) is 1.89. The molecule has 2 aromatic rings. The molecule has 4 nitrogen and oxygen atoms in total. The van der Waals surface area contributed by atoms with E-state index in [2.05, 4.69) is 5.32 Å². The number of benzene rings is 2. The highest BCUT2D eigenvalue weighted by atomic mass is 16.5. The fourth-order valence-electron chi connectivity index (χ4n) is 2.50. The molecule has 0 aliphatic carbocycles. The molecule has 0 bridgehead atoms. The first kappa shape index (κ1) is 17.9. The second-order valence-corrected chi connectivity index (χ2v) is 5.53. The third kappa shape index (κ3) is 5.30. The normalized spacial score (nSPS) is 11.6. The first-order valence-corrected chi connectivity index (χ1v) is 8.36. The molecule has 0 fully saturated rings. The number of carbonyl (C=O) groups is 1. The maximum Gasteiger partial charge on any atom is 0.261 e. The lowest BCUT2D eigenvalue weighted by atomic mass is 10.1. The second-order valence-electron chi connectivity index (χ2n) is 5.53. The first-order chi connectivity index (χ1) is 11.7. The van der Waals surface area contributed by atoms with Crippen LogP contribution in [0, 0.1) is 0 Å². The van der Waals surface area contributed by atoms with Gasteiger partial charge in [0.25, 0.3) is 5.91 Å². The summed E-state index contributed by atoms with van der Waals surface area (Å²) < 4.78 is 11.1. The van der Waals surface area contributed by atoms with E-state index in [1.807, 2.05) is 61.5 Å². The summed E-state index contributed by atoms with van der Waals surface area (Å²) in [5.41, 5.74) is 1.15. The van der Waals surface area contributed by atoms with Crippen molar-refractivity contribution in [1.29, 1.82) is 0 Å². The molecule has 2 rings (SSSR count). The number of amides is 1. The summed E-state index contributed by atoms with van der Waals surface area (Å²) >= 11 is 0. The van der Waals surface area contributed by atoms with E-state index in [0.29, 0.717) is 18.7 Å². The van der Waals surface area contributed by atoms with Crippen molar-refractivity contribution in [2.75, 3.05) is 13.7 Å². The molecule has 0 aliphatic rings. The minimum absolute atomic E-state index is 0.0682. The SMILES string of the molecule is CCC(Oc1ccccc1)C(=O)NCCCc1ccccc1OC. The van der Waals surface area contributed by atoms with Gasteiger partial charge in [0.05, 0.1) is 7.11 Å². The molecule has 0 spiro atoms. The second kappa shape index (κ2) is 9.60. The standard InChI is InChI=1S/C20H25NO3/c1-3-18(24-17-12-5-4-6-13-17)20(22)21-15-9-11-16-10-7-8-14-19(16)23-2/h4-8,10,12-14,18H,3,9,11,15H2,1-2H3,(H,21,22). The van der Waals surface area contributed by atoms with Gasteiger partial charge in [0, 0.05) is 6.54 Å². The van der Waals surface area contributed by atoms with E-state index in [-0.39, 0.29) is 5.91 Å². The quantitative estimate of drug-likeness (QED) is 0.716. The molecule has 0 heterocycles. The third-order valence-electron chi connectivity index (χ3n) is 3.80. The van der Waals surface area contributed by atoms with Crippen LogP contribution in [0.4, 0.5) is 0 Å². The Bertz CT molecular complexity index is 628. The highest BCUT2D eigenvalue weighted by Gasteiger charge is 2.17. The van der Waals surface area contributed by atoms with Gasteiger partial charge in [-0.2, -0.15) is 0 Å². The average Bonchev–Trinajstić information content (AvgIpc) is 2.64. The zero-order valence-electron chi connectivity index (χ0n) is 14.3. The van der Waals surface area contributed by atoms with E-state index in [0.717, 1.165) is 24.2 Å². The van der Waals surface area contributed by atoms with E-state index in [9.17, 15) is 4.79 Å². The zero-order valence-corrected chi connectivity index (χ0v) is 14.3. The van der Waals surface area contributed by atoms with Crippen LogP contribution in [0.3, 0.4) is 0 Å². The van der Waals surface area contributed by atoms with Crippen molar-refractivity contribution in [3.8, 4) is 11.5 Å². The number of hydrogen-bond donors (Lipinski definition) is 1. The summed E-state index contributed by atoms with van der Waals surface area (Å²) in [6, 6.07) is 17.4.